The van der Waals surface area contributed by atoms with E-state index in [4.69, 9.17) is 28.5 Å². The number of rotatable bonds is 3. The second-order valence-corrected chi connectivity index (χ2v) is 5.31. The normalized spacial score (nSPS) is 10.9. The van der Waals surface area contributed by atoms with E-state index in [-0.39, 0.29) is 15.7 Å². The molecule has 0 fully saturated rings. The molecule has 16 heavy (non-hydrogen) atoms. The molecule has 0 aliphatic rings. The molecular formula is C8H5Cl2FN2O2S. The number of hydrogen-bond acceptors (Lipinski definition) is 3. The highest BCUT2D eigenvalue weighted by atomic mass is 35.5. The van der Waals surface area contributed by atoms with Crippen molar-refractivity contribution in [1.29, 1.82) is 5.26 Å². The third kappa shape index (κ3) is 3.23. The van der Waals surface area contributed by atoms with Crippen LogP contribution in [0.3, 0.4) is 0 Å². The van der Waals surface area contributed by atoms with E-state index in [2.05, 4.69) is 0 Å². The van der Waals surface area contributed by atoms with Crippen LogP contribution < -0.4 is 4.72 Å². The summed E-state index contributed by atoms with van der Waals surface area (Å²) in [4.78, 5) is 0. The van der Waals surface area contributed by atoms with Crippen LogP contribution in [0, 0.1) is 17.1 Å². The highest BCUT2D eigenvalue weighted by Gasteiger charge is 2.13. The second kappa shape index (κ2) is 4.87. The average molecular weight is 283 g/mol. The number of nitrogens with one attached hydrogen (secondary N) is 1. The molecule has 0 heterocycles. The van der Waals surface area contributed by atoms with Crippen molar-refractivity contribution >= 4 is 38.9 Å². The molecule has 86 valence electrons. The van der Waals surface area contributed by atoms with Gasteiger partial charge in [0.25, 0.3) is 0 Å². The van der Waals surface area contributed by atoms with Gasteiger partial charge in [-0.05, 0) is 12.1 Å². The van der Waals surface area contributed by atoms with Crippen molar-refractivity contribution in [2.75, 3.05) is 10.5 Å². The van der Waals surface area contributed by atoms with Gasteiger partial charge in [-0.1, -0.05) is 23.2 Å². The number of nitriles is 1. The SMILES string of the molecule is N#CCS(=O)(=O)Nc1cc(Cl)c(F)c(Cl)c1. The van der Waals surface area contributed by atoms with E-state index in [9.17, 15) is 12.8 Å². The van der Waals surface area contributed by atoms with Crippen molar-refractivity contribution in [2.24, 2.45) is 0 Å². The van der Waals surface area contributed by atoms with Crippen LogP contribution in [0.2, 0.25) is 10.0 Å². The number of hydrogen-bond donors (Lipinski definition) is 1. The molecule has 0 radical (unpaired) electrons. The average Bonchev–Trinajstić information content (AvgIpc) is 2.13. The van der Waals surface area contributed by atoms with E-state index in [1.54, 1.807) is 0 Å². The van der Waals surface area contributed by atoms with Crippen molar-refractivity contribution < 1.29 is 12.8 Å². The second-order valence-electron chi connectivity index (χ2n) is 2.77. The molecule has 8 heteroatoms. The highest BCUT2D eigenvalue weighted by Crippen LogP contribution is 2.27. The topological polar surface area (TPSA) is 70.0 Å². The lowest BCUT2D eigenvalue weighted by atomic mass is 10.3. The Morgan fingerprint density at radius 2 is 1.88 bits per heavy atom. The van der Waals surface area contributed by atoms with Gasteiger partial charge in [0.15, 0.2) is 11.6 Å². The van der Waals surface area contributed by atoms with Crippen molar-refractivity contribution in [3.63, 3.8) is 0 Å². The number of sulfonamides is 1. The molecule has 0 aliphatic carbocycles. The molecule has 0 bridgehead atoms. The molecule has 0 aliphatic heterocycles. The molecule has 0 amide bonds. The zero-order chi connectivity index (χ0) is 12.3. The summed E-state index contributed by atoms with van der Waals surface area (Å²) in [6.07, 6.45) is 0. The van der Waals surface area contributed by atoms with Crippen molar-refractivity contribution in [3.05, 3.63) is 28.0 Å². The van der Waals surface area contributed by atoms with Gasteiger partial charge in [-0.25, -0.2) is 12.8 Å². The maximum atomic E-state index is 13.0. The molecule has 4 nitrogen and oxygen atoms in total. The minimum Gasteiger partial charge on any atom is -0.283 e. The Morgan fingerprint density at radius 3 is 2.31 bits per heavy atom. The first-order valence-corrected chi connectivity index (χ1v) is 6.28. The molecular weight excluding hydrogens is 278 g/mol. The summed E-state index contributed by atoms with van der Waals surface area (Å²) in [5.74, 6) is -1.54. The predicted molar refractivity (Wildman–Crippen MR) is 59.4 cm³/mol. The summed E-state index contributed by atoms with van der Waals surface area (Å²) in [5, 5.41) is 7.64. The van der Waals surface area contributed by atoms with E-state index in [0.717, 1.165) is 12.1 Å². The van der Waals surface area contributed by atoms with Crippen LogP contribution in [-0.4, -0.2) is 14.2 Å². The van der Waals surface area contributed by atoms with Gasteiger partial charge in [0, 0.05) is 0 Å². The van der Waals surface area contributed by atoms with E-state index < -0.39 is 21.6 Å². The van der Waals surface area contributed by atoms with Gasteiger partial charge in [-0.2, -0.15) is 5.26 Å². The molecule has 0 saturated heterocycles. The summed E-state index contributed by atoms with van der Waals surface area (Å²) in [6, 6.07) is 3.61. The van der Waals surface area contributed by atoms with Crippen molar-refractivity contribution in [1.82, 2.24) is 0 Å². The highest BCUT2D eigenvalue weighted by molar-refractivity contribution is 7.92. The van der Waals surface area contributed by atoms with Gasteiger partial charge in [0.05, 0.1) is 21.8 Å². The molecule has 0 unspecified atom stereocenters. The van der Waals surface area contributed by atoms with E-state index >= 15 is 0 Å². The first-order chi connectivity index (χ1) is 7.35. The Kier molecular flexibility index (Phi) is 3.97. The van der Waals surface area contributed by atoms with E-state index in [0.29, 0.717) is 0 Å². The summed E-state index contributed by atoms with van der Waals surface area (Å²) in [7, 11) is -3.78. The first-order valence-electron chi connectivity index (χ1n) is 3.87. The molecule has 1 N–H and O–H groups in total. The molecule has 0 spiro atoms. The van der Waals surface area contributed by atoms with Crippen LogP contribution in [0.5, 0.6) is 0 Å². The summed E-state index contributed by atoms with van der Waals surface area (Å²) in [6.45, 7) is 0. The lowest BCUT2D eigenvalue weighted by Gasteiger charge is -2.06. The fourth-order valence-electron chi connectivity index (χ4n) is 0.915. The van der Waals surface area contributed by atoms with Crippen LogP contribution in [0.15, 0.2) is 12.1 Å². The maximum absolute atomic E-state index is 13.0. The van der Waals surface area contributed by atoms with Crippen LogP contribution >= 0.6 is 23.2 Å². The lowest BCUT2D eigenvalue weighted by molar-refractivity contribution is 0.604. The van der Waals surface area contributed by atoms with Gasteiger partial charge < -0.3 is 0 Å². The smallest absolute Gasteiger partial charge is 0.246 e. The molecule has 0 saturated carbocycles. The fraction of sp³-hybridized carbons (Fsp3) is 0.125. The van der Waals surface area contributed by atoms with Gasteiger partial charge in [0.2, 0.25) is 10.0 Å². The van der Waals surface area contributed by atoms with E-state index in [1.807, 2.05) is 4.72 Å². The Balaban J connectivity index is 3.05. The summed E-state index contributed by atoms with van der Waals surface area (Å²) >= 11 is 10.9. The van der Waals surface area contributed by atoms with Crippen LogP contribution in [-0.2, 0) is 10.0 Å². The molecule has 1 rings (SSSR count). The monoisotopic (exact) mass is 282 g/mol. The lowest BCUT2D eigenvalue weighted by Crippen LogP contribution is -2.15. The van der Waals surface area contributed by atoms with Crippen LogP contribution in [0.25, 0.3) is 0 Å². The van der Waals surface area contributed by atoms with Gasteiger partial charge in [-0.3, -0.25) is 4.72 Å². The number of anilines is 1. The van der Waals surface area contributed by atoms with Crippen molar-refractivity contribution in [3.8, 4) is 6.07 Å². The third-order valence-electron chi connectivity index (χ3n) is 1.51. The van der Waals surface area contributed by atoms with Crippen molar-refractivity contribution in [2.45, 2.75) is 0 Å². The third-order valence-corrected chi connectivity index (χ3v) is 3.12. The Hall–Kier alpha value is -1.03. The summed E-state index contributed by atoms with van der Waals surface area (Å²) in [5.41, 5.74) is 0.00616. The standard InChI is InChI=1S/C8H5Cl2FN2O2S/c9-6-3-5(4-7(10)8(6)11)13-16(14,15)2-1-12/h3-4,13H,2H2. The zero-order valence-electron chi connectivity index (χ0n) is 7.67. The summed E-state index contributed by atoms with van der Waals surface area (Å²) < 4.78 is 37.4. The molecule has 1 aromatic rings. The van der Waals surface area contributed by atoms with E-state index in [1.165, 1.54) is 6.07 Å². The van der Waals surface area contributed by atoms with Crippen LogP contribution in [0.1, 0.15) is 0 Å². The minimum atomic E-state index is -3.78. The quantitative estimate of drug-likeness (QED) is 0.866. The molecule has 1 aromatic carbocycles. The number of halogens is 3. The van der Waals surface area contributed by atoms with Gasteiger partial charge in [-0.15, -0.1) is 0 Å². The van der Waals surface area contributed by atoms with Gasteiger partial charge in [0.1, 0.15) is 0 Å². The zero-order valence-corrected chi connectivity index (χ0v) is 10.00. The number of benzene rings is 1. The molecule has 0 atom stereocenters. The predicted octanol–water partition coefficient (Wildman–Crippen LogP) is 2.40. The Labute approximate surface area is 102 Å². The molecule has 0 aromatic heterocycles. The Bertz CT molecular complexity index is 531. The Morgan fingerprint density at radius 1 is 1.38 bits per heavy atom. The fourth-order valence-corrected chi connectivity index (χ4v) is 2.12. The first kappa shape index (κ1) is 13.0. The van der Waals surface area contributed by atoms with Gasteiger partial charge >= 0.3 is 0 Å². The largest absolute Gasteiger partial charge is 0.283 e. The maximum Gasteiger partial charge on any atom is 0.246 e. The number of nitrogens with zero attached hydrogens (tertiary/aromatic N) is 1. The minimum absolute atomic E-state index is 0.00616. The van der Waals surface area contributed by atoms with Crippen LogP contribution in [0.4, 0.5) is 10.1 Å².